The molecule has 0 N–H and O–H groups in total. The first-order valence-electron chi connectivity index (χ1n) is 11.8. The van der Waals surface area contributed by atoms with Crippen molar-refractivity contribution < 1.29 is 4.79 Å². The Balaban J connectivity index is 1.82. The number of pyridine rings is 1. The highest BCUT2D eigenvalue weighted by Crippen LogP contribution is 2.37. The van der Waals surface area contributed by atoms with Crippen molar-refractivity contribution in [1.82, 2.24) is 9.47 Å². The highest BCUT2D eigenvalue weighted by Gasteiger charge is 2.33. The zero-order valence-corrected chi connectivity index (χ0v) is 22.2. The maximum absolute atomic E-state index is 13.4. The Morgan fingerprint density at radius 1 is 1.20 bits per heavy atom. The molecule has 0 saturated carbocycles. The van der Waals surface area contributed by atoms with E-state index in [1.54, 1.807) is 22.5 Å². The summed E-state index contributed by atoms with van der Waals surface area (Å²) in [6.07, 6.45) is 5.81. The van der Waals surface area contributed by atoms with Crippen molar-refractivity contribution in [3.8, 4) is 6.07 Å². The molecule has 2 aliphatic rings. The number of carbonyl (C=O) groups excluding carboxylic acids is 1. The Kier molecular flexibility index (Phi) is 8.00. The number of aromatic nitrogens is 1. The summed E-state index contributed by atoms with van der Waals surface area (Å²) in [7, 11) is 0. The maximum atomic E-state index is 13.4. The van der Waals surface area contributed by atoms with Crippen LogP contribution in [0.15, 0.2) is 34.0 Å². The Morgan fingerprint density at radius 3 is 2.57 bits per heavy atom. The van der Waals surface area contributed by atoms with Crippen molar-refractivity contribution in [1.29, 1.82) is 5.26 Å². The molecule has 1 aromatic heterocycles. The van der Waals surface area contributed by atoms with Crippen molar-refractivity contribution in [3.63, 3.8) is 0 Å². The molecular weight excluding hydrogens is 500 g/mol. The van der Waals surface area contributed by atoms with E-state index in [-0.39, 0.29) is 17.0 Å². The fourth-order valence-electron chi connectivity index (χ4n) is 4.59. The van der Waals surface area contributed by atoms with Crippen LogP contribution in [0.3, 0.4) is 0 Å². The van der Waals surface area contributed by atoms with Crippen LogP contribution in [0, 0.1) is 18.3 Å². The van der Waals surface area contributed by atoms with Gasteiger partial charge < -0.3 is 4.90 Å². The summed E-state index contributed by atoms with van der Waals surface area (Å²) in [5.41, 5.74) is 2.02. The van der Waals surface area contributed by atoms with Crippen LogP contribution in [0.2, 0.25) is 5.02 Å². The molecule has 0 aliphatic carbocycles. The lowest BCUT2D eigenvalue weighted by Gasteiger charge is -2.33. The number of nitriles is 1. The number of piperidine rings is 1. The number of rotatable bonds is 6. The van der Waals surface area contributed by atoms with Gasteiger partial charge in [0.1, 0.15) is 21.8 Å². The number of hydrogen-bond donors (Lipinski definition) is 0. The van der Waals surface area contributed by atoms with E-state index in [4.69, 9.17) is 23.8 Å². The number of nitrogens with zero attached hydrogens (tertiary/aromatic N) is 4. The number of anilines is 1. The molecule has 2 fully saturated rings. The Hall–Kier alpha value is -2.60. The summed E-state index contributed by atoms with van der Waals surface area (Å²) >= 11 is 13.1. The average Bonchev–Trinajstić information content (AvgIpc) is 3.12. The van der Waals surface area contributed by atoms with Crippen LogP contribution in [0.25, 0.3) is 6.08 Å². The maximum Gasteiger partial charge on any atom is 0.270 e. The smallest absolute Gasteiger partial charge is 0.270 e. The van der Waals surface area contributed by atoms with E-state index in [1.165, 1.54) is 11.8 Å². The molecule has 4 rings (SSSR count). The predicted molar refractivity (Wildman–Crippen MR) is 147 cm³/mol. The number of thioether (sulfide) groups is 1. The first kappa shape index (κ1) is 25.5. The fourth-order valence-corrected chi connectivity index (χ4v) is 6.02. The summed E-state index contributed by atoms with van der Waals surface area (Å²) in [6.45, 7) is 6.27. The second kappa shape index (κ2) is 11.0. The second-order valence-corrected chi connectivity index (χ2v) is 10.8. The summed E-state index contributed by atoms with van der Waals surface area (Å²) < 4.78 is 2.17. The predicted octanol–water partition coefficient (Wildman–Crippen LogP) is 5.48. The number of thiocarbonyl (C=S) groups is 1. The molecular formula is C26H27ClN4O2S2. The minimum absolute atomic E-state index is 0.122. The molecule has 1 aromatic carbocycles. The third-order valence-corrected chi connectivity index (χ3v) is 8.13. The molecule has 0 bridgehead atoms. The third-order valence-electron chi connectivity index (χ3n) is 6.38. The van der Waals surface area contributed by atoms with Gasteiger partial charge in [-0.2, -0.15) is 5.26 Å². The van der Waals surface area contributed by atoms with E-state index in [1.807, 2.05) is 31.2 Å². The standard InChI is InChI=1S/C26H27ClN4O2S2/c1-3-11-30-23(29-12-7-4-8-13-29)19(17(2)20(15-28)24(30)32)14-22-25(33)31(26(34)35-22)16-18-9-5-6-10-21(18)27/h5-6,9-10,14H,3-4,7-8,11-13,16H2,1-2H3/b22-14-. The van der Waals surface area contributed by atoms with E-state index in [0.717, 1.165) is 55.7 Å². The van der Waals surface area contributed by atoms with Gasteiger partial charge in [-0.05, 0) is 55.9 Å². The number of carbonyl (C=O) groups is 1. The summed E-state index contributed by atoms with van der Waals surface area (Å²) in [5.74, 6) is 0.597. The van der Waals surface area contributed by atoms with Gasteiger partial charge >= 0.3 is 0 Å². The van der Waals surface area contributed by atoms with Crippen LogP contribution >= 0.6 is 35.6 Å². The third kappa shape index (κ3) is 5.04. The Labute approximate surface area is 220 Å². The number of halogens is 1. The number of benzene rings is 1. The molecule has 2 aromatic rings. The van der Waals surface area contributed by atoms with Crippen LogP contribution in [0.4, 0.5) is 5.82 Å². The van der Waals surface area contributed by atoms with Crippen LogP contribution in [-0.2, 0) is 17.9 Å². The quantitative estimate of drug-likeness (QED) is 0.366. The van der Waals surface area contributed by atoms with Gasteiger partial charge in [0.25, 0.3) is 11.5 Å². The largest absolute Gasteiger partial charge is 0.357 e. The molecule has 0 atom stereocenters. The molecule has 0 radical (unpaired) electrons. The fraction of sp³-hybridized carbons (Fsp3) is 0.385. The summed E-state index contributed by atoms with van der Waals surface area (Å²) in [6, 6.07) is 9.49. The minimum atomic E-state index is -0.268. The van der Waals surface area contributed by atoms with Crippen LogP contribution in [0.5, 0.6) is 0 Å². The van der Waals surface area contributed by atoms with Crippen LogP contribution in [0.1, 0.15) is 54.9 Å². The van der Waals surface area contributed by atoms with E-state index in [0.29, 0.717) is 32.9 Å². The zero-order valence-electron chi connectivity index (χ0n) is 19.8. The monoisotopic (exact) mass is 526 g/mol. The lowest BCUT2D eigenvalue weighted by Crippen LogP contribution is -2.37. The van der Waals surface area contributed by atoms with E-state index >= 15 is 0 Å². The first-order valence-corrected chi connectivity index (χ1v) is 13.4. The van der Waals surface area contributed by atoms with Gasteiger partial charge in [0.2, 0.25) is 0 Å². The minimum Gasteiger partial charge on any atom is -0.357 e. The molecule has 1 amide bonds. The molecule has 35 heavy (non-hydrogen) atoms. The number of hydrogen-bond acceptors (Lipinski definition) is 6. The van der Waals surface area contributed by atoms with E-state index in [2.05, 4.69) is 11.0 Å². The summed E-state index contributed by atoms with van der Waals surface area (Å²) in [5, 5.41) is 10.4. The van der Waals surface area contributed by atoms with Crippen LogP contribution in [-0.4, -0.2) is 32.8 Å². The van der Waals surface area contributed by atoms with Gasteiger partial charge in [0, 0.05) is 30.2 Å². The van der Waals surface area contributed by atoms with E-state index in [9.17, 15) is 14.9 Å². The molecule has 2 saturated heterocycles. The first-order chi connectivity index (χ1) is 16.9. The lowest BCUT2D eigenvalue weighted by molar-refractivity contribution is -0.122. The highest BCUT2D eigenvalue weighted by molar-refractivity contribution is 8.26. The van der Waals surface area contributed by atoms with Crippen molar-refractivity contribution >= 4 is 57.7 Å². The van der Waals surface area contributed by atoms with Gasteiger partial charge in [0.15, 0.2) is 0 Å². The van der Waals surface area contributed by atoms with E-state index < -0.39 is 0 Å². The Morgan fingerprint density at radius 2 is 1.91 bits per heavy atom. The van der Waals surface area contributed by atoms with Gasteiger partial charge in [-0.25, -0.2) is 0 Å². The van der Waals surface area contributed by atoms with Gasteiger partial charge in [-0.3, -0.25) is 19.1 Å². The Bertz CT molecular complexity index is 1310. The van der Waals surface area contributed by atoms with Crippen molar-refractivity contribution in [3.05, 3.63) is 66.8 Å². The lowest BCUT2D eigenvalue weighted by atomic mass is 10.0. The molecule has 6 nitrogen and oxygen atoms in total. The molecule has 9 heteroatoms. The zero-order chi connectivity index (χ0) is 25.1. The van der Waals surface area contributed by atoms with Gasteiger partial charge in [0.05, 0.1) is 11.4 Å². The van der Waals surface area contributed by atoms with Crippen molar-refractivity contribution in [2.75, 3.05) is 18.0 Å². The number of amides is 1. The van der Waals surface area contributed by atoms with Gasteiger partial charge in [-0.15, -0.1) is 0 Å². The topological polar surface area (TPSA) is 69.3 Å². The van der Waals surface area contributed by atoms with Gasteiger partial charge in [-0.1, -0.05) is 60.7 Å². The van der Waals surface area contributed by atoms with Crippen molar-refractivity contribution in [2.45, 2.75) is 52.6 Å². The normalized spacial score (nSPS) is 17.4. The molecule has 0 spiro atoms. The molecule has 2 aliphatic heterocycles. The SMILES string of the molecule is CCCn1c(N2CCCCC2)c(/C=C2\SC(=S)N(Cc3ccccc3Cl)C2=O)c(C)c(C#N)c1=O. The highest BCUT2D eigenvalue weighted by atomic mass is 35.5. The second-order valence-electron chi connectivity index (χ2n) is 8.71. The molecule has 3 heterocycles. The average molecular weight is 527 g/mol. The van der Waals surface area contributed by atoms with Crippen molar-refractivity contribution in [2.24, 2.45) is 0 Å². The summed E-state index contributed by atoms with van der Waals surface area (Å²) in [4.78, 5) is 30.9. The van der Waals surface area contributed by atoms with Crippen LogP contribution < -0.4 is 10.5 Å². The molecule has 0 unspecified atom stereocenters. The molecule has 182 valence electrons.